The Labute approximate surface area is 104 Å². The molecular weight excluding hydrogens is 214 g/mol. The van der Waals surface area contributed by atoms with Gasteiger partial charge < -0.3 is 15.0 Å². The Balaban J connectivity index is 2.83. The second-order valence-electron chi connectivity index (χ2n) is 4.11. The van der Waals surface area contributed by atoms with Crippen molar-refractivity contribution >= 4 is 5.82 Å². The second kappa shape index (κ2) is 7.25. The first-order valence-corrected chi connectivity index (χ1v) is 6.09. The molecule has 96 valence electrons. The molecule has 0 spiro atoms. The second-order valence-corrected chi connectivity index (χ2v) is 4.11. The van der Waals surface area contributed by atoms with E-state index in [0.717, 1.165) is 18.9 Å². The maximum absolute atomic E-state index is 5.10. The summed E-state index contributed by atoms with van der Waals surface area (Å²) in [5.74, 6) is 1.03. The van der Waals surface area contributed by atoms with Gasteiger partial charge in [-0.15, -0.1) is 0 Å². The highest BCUT2D eigenvalue weighted by Crippen LogP contribution is 2.22. The predicted octanol–water partition coefficient (Wildman–Crippen LogP) is 1.83. The zero-order chi connectivity index (χ0) is 12.7. The van der Waals surface area contributed by atoms with E-state index in [0.29, 0.717) is 12.6 Å². The van der Waals surface area contributed by atoms with Crippen LogP contribution in [0.2, 0.25) is 0 Å². The molecule has 0 saturated heterocycles. The van der Waals surface area contributed by atoms with Gasteiger partial charge in [0.05, 0.1) is 6.61 Å². The van der Waals surface area contributed by atoms with Gasteiger partial charge in [0.15, 0.2) is 0 Å². The van der Waals surface area contributed by atoms with Crippen molar-refractivity contribution < 1.29 is 4.74 Å². The van der Waals surface area contributed by atoms with Gasteiger partial charge in [-0.1, -0.05) is 13.0 Å². The van der Waals surface area contributed by atoms with Crippen molar-refractivity contribution in [1.82, 2.24) is 10.3 Å². The van der Waals surface area contributed by atoms with Gasteiger partial charge in [0.1, 0.15) is 5.82 Å². The highest BCUT2D eigenvalue weighted by molar-refractivity contribution is 5.47. The van der Waals surface area contributed by atoms with Crippen molar-refractivity contribution in [3.05, 3.63) is 23.9 Å². The summed E-state index contributed by atoms with van der Waals surface area (Å²) in [7, 11) is 3.76. The molecule has 0 aliphatic carbocycles. The molecule has 0 aromatic carbocycles. The minimum atomic E-state index is 0.314. The summed E-state index contributed by atoms with van der Waals surface area (Å²) >= 11 is 0. The molecule has 1 aromatic heterocycles. The molecule has 4 heteroatoms. The minimum Gasteiger partial charge on any atom is -0.383 e. The van der Waals surface area contributed by atoms with E-state index < -0.39 is 0 Å². The molecule has 0 amide bonds. The van der Waals surface area contributed by atoms with Crippen molar-refractivity contribution in [1.29, 1.82) is 0 Å². The normalized spacial score (nSPS) is 12.5. The molecule has 0 radical (unpaired) electrons. The van der Waals surface area contributed by atoms with Crippen LogP contribution in [0.15, 0.2) is 18.3 Å². The van der Waals surface area contributed by atoms with E-state index in [1.807, 2.05) is 19.3 Å². The van der Waals surface area contributed by atoms with Crippen molar-refractivity contribution in [3.63, 3.8) is 0 Å². The zero-order valence-electron chi connectivity index (χ0n) is 11.2. The number of ether oxygens (including phenoxy) is 1. The summed E-state index contributed by atoms with van der Waals surface area (Å²) in [6, 6.07) is 4.42. The number of pyridine rings is 1. The number of methoxy groups -OCH3 is 1. The van der Waals surface area contributed by atoms with Gasteiger partial charge in [-0.3, -0.25) is 0 Å². The largest absolute Gasteiger partial charge is 0.383 e. The van der Waals surface area contributed by atoms with Gasteiger partial charge in [-0.2, -0.15) is 0 Å². The maximum Gasteiger partial charge on any atom is 0.133 e. The first-order valence-electron chi connectivity index (χ1n) is 6.09. The van der Waals surface area contributed by atoms with E-state index in [1.54, 1.807) is 7.11 Å². The number of nitrogens with zero attached hydrogens (tertiary/aromatic N) is 2. The summed E-state index contributed by atoms with van der Waals surface area (Å²) in [5.41, 5.74) is 1.23. The first kappa shape index (κ1) is 13.9. The van der Waals surface area contributed by atoms with Crippen molar-refractivity contribution in [2.45, 2.75) is 19.9 Å². The Bertz CT molecular complexity index is 330. The monoisotopic (exact) mass is 237 g/mol. The van der Waals surface area contributed by atoms with Crippen LogP contribution in [0.1, 0.15) is 25.5 Å². The summed E-state index contributed by atoms with van der Waals surface area (Å²) in [6.07, 6.45) is 1.83. The molecule has 1 unspecified atom stereocenters. The van der Waals surface area contributed by atoms with E-state index in [4.69, 9.17) is 4.74 Å². The Morgan fingerprint density at radius 1 is 1.53 bits per heavy atom. The molecule has 1 rings (SSSR count). The van der Waals surface area contributed by atoms with Crippen LogP contribution in [0, 0.1) is 0 Å². The fraction of sp³-hybridized carbons (Fsp3) is 0.615. The Kier molecular flexibility index (Phi) is 5.94. The number of rotatable bonds is 7. The van der Waals surface area contributed by atoms with Crippen LogP contribution >= 0.6 is 0 Å². The van der Waals surface area contributed by atoms with Gasteiger partial charge in [0.25, 0.3) is 0 Å². The zero-order valence-corrected chi connectivity index (χ0v) is 11.2. The Morgan fingerprint density at radius 2 is 2.29 bits per heavy atom. The van der Waals surface area contributed by atoms with Gasteiger partial charge in [-0.25, -0.2) is 4.98 Å². The van der Waals surface area contributed by atoms with Crippen LogP contribution in [0.3, 0.4) is 0 Å². The third-order valence-corrected chi connectivity index (χ3v) is 2.79. The van der Waals surface area contributed by atoms with E-state index in [2.05, 4.69) is 35.1 Å². The molecule has 0 aliphatic rings. The smallest absolute Gasteiger partial charge is 0.133 e. The van der Waals surface area contributed by atoms with Crippen LogP contribution in [-0.4, -0.2) is 38.8 Å². The van der Waals surface area contributed by atoms with E-state index in [9.17, 15) is 0 Å². The third-order valence-electron chi connectivity index (χ3n) is 2.79. The third kappa shape index (κ3) is 3.98. The quantitative estimate of drug-likeness (QED) is 0.785. The average Bonchev–Trinajstić information content (AvgIpc) is 2.36. The highest BCUT2D eigenvalue weighted by Gasteiger charge is 2.13. The number of anilines is 1. The fourth-order valence-corrected chi connectivity index (χ4v) is 1.82. The average molecular weight is 237 g/mol. The molecule has 4 nitrogen and oxygen atoms in total. The molecule has 0 bridgehead atoms. The molecular formula is C13H23N3O. The van der Waals surface area contributed by atoms with Crippen molar-refractivity contribution in [3.8, 4) is 0 Å². The van der Waals surface area contributed by atoms with Gasteiger partial charge in [0.2, 0.25) is 0 Å². The molecule has 17 heavy (non-hydrogen) atoms. The lowest BCUT2D eigenvalue weighted by Crippen LogP contribution is -2.27. The van der Waals surface area contributed by atoms with Crippen LogP contribution in [0.25, 0.3) is 0 Å². The summed E-state index contributed by atoms with van der Waals surface area (Å²) in [6.45, 7) is 6.79. The van der Waals surface area contributed by atoms with Crippen molar-refractivity contribution in [2.24, 2.45) is 0 Å². The van der Waals surface area contributed by atoms with E-state index in [-0.39, 0.29) is 0 Å². The fourth-order valence-electron chi connectivity index (χ4n) is 1.82. The minimum absolute atomic E-state index is 0.314. The highest BCUT2D eigenvalue weighted by atomic mass is 16.5. The van der Waals surface area contributed by atoms with Gasteiger partial charge in [-0.05, 0) is 19.5 Å². The lowest BCUT2D eigenvalue weighted by Gasteiger charge is -2.23. The van der Waals surface area contributed by atoms with E-state index >= 15 is 0 Å². The maximum atomic E-state index is 5.10. The summed E-state index contributed by atoms with van der Waals surface area (Å²) < 4.78 is 5.10. The molecule has 0 aliphatic heterocycles. The van der Waals surface area contributed by atoms with Crippen LogP contribution < -0.4 is 10.2 Å². The molecule has 1 N–H and O–H groups in total. The number of aromatic nitrogens is 1. The number of nitrogens with one attached hydrogen (secondary N) is 1. The van der Waals surface area contributed by atoms with Crippen LogP contribution in [0.5, 0.6) is 0 Å². The number of hydrogen-bond acceptors (Lipinski definition) is 4. The topological polar surface area (TPSA) is 37.4 Å². The van der Waals surface area contributed by atoms with Gasteiger partial charge >= 0.3 is 0 Å². The summed E-state index contributed by atoms with van der Waals surface area (Å²) in [5, 5.41) is 3.42. The molecule has 1 atom stereocenters. The summed E-state index contributed by atoms with van der Waals surface area (Å²) in [4.78, 5) is 6.60. The molecule has 1 aromatic rings. The number of likely N-dealkylation sites (N-methyl/N-ethyl adjacent to an activating group) is 1. The van der Waals surface area contributed by atoms with E-state index in [1.165, 1.54) is 5.56 Å². The van der Waals surface area contributed by atoms with Crippen molar-refractivity contribution in [2.75, 3.05) is 38.8 Å². The van der Waals surface area contributed by atoms with Crippen LogP contribution in [0.4, 0.5) is 5.82 Å². The lowest BCUT2D eigenvalue weighted by atomic mass is 10.1. The molecule has 1 heterocycles. The first-order chi connectivity index (χ1) is 8.20. The molecule has 0 saturated carbocycles. The standard InChI is InChI=1S/C13H23N3O/c1-5-14-11(2)12-7-6-8-15-13(12)16(3)9-10-17-4/h6-8,11,14H,5,9-10H2,1-4H3. The molecule has 0 fully saturated rings. The predicted molar refractivity (Wildman–Crippen MR) is 71.5 cm³/mol. The number of hydrogen-bond donors (Lipinski definition) is 1. The SMILES string of the molecule is CCNC(C)c1cccnc1N(C)CCOC. The Hall–Kier alpha value is -1.13. The Morgan fingerprint density at radius 3 is 2.94 bits per heavy atom. The van der Waals surface area contributed by atoms with Gasteiger partial charge in [0, 0.05) is 38.5 Å². The lowest BCUT2D eigenvalue weighted by molar-refractivity contribution is 0.206. The van der Waals surface area contributed by atoms with Crippen LogP contribution in [-0.2, 0) is 4.74 Å².